The average molecular weight is 416 g/mol. The standard InChI is InChI=1S/C23H27NO.O2S.H2O/c1-3-5-6-15-24-20-10-8-11-21(17-20)25-23-12-7-9-19-16-18(4-2)13-14-22(19)23;1-3-2;/h7-14,16-17,24H,3-6,15H2,1-2H3;;1H2. The van der Waals surface area contributed by atoms with Gasteiger partial charge in [0.15, 0.2) is 0 Å². The number of benzene rings is 3. The van der Waals surface area contributed by atoms with Gasteiger partial charge in [-0.1, -0.05) is 63.1 Å². The summed E-state index contributed by atoms with van der Waals surface area (Å²) in [4.78, 5) is 0. The maximum absolute atomic E-state index is 8.29. The van der Waals surface area contributed by atoms with Crippen molar-refractivity contribution in [2.45, 2.75) is 39.5 Å². The topological polar surface area (TPSA) is 86.9 Å². The fourth-order valence-electron chi connectivity index (χ4n) is 3.02. The predicted molar refractivity (Wildman–Crippen MR) is 120 cm³/mol. The first-order valence-corrected chi connectivity index (χ1v) is 10.3. The minimum absolute atomic E-state index is 0. The molecule has 0 fully saturated rings. The lowest BCUT2D eigenvalue weighted by atomic mass is 10.0. The molecule has 0 saturated heterocycles. The van der Waals surface area contributed by atoms with Crippen LogP contribution in [0.25, 0.3) is 10.8 Å². The van der Waals surface area contributed by atoms with E-state index in [-0.39, 0.29) is 5.48 Å². The number of ether oxygens (including phenoxy) is 1. The molecule has 0 aliphatic heterocycles. The highest BCUT2D eigenvalue weighted by atomic mass is 32.1. The first kappa shape index (κ1) is 24.3. The third-order valence-electron chi connectivity index (χ3n) is 4.48. The molecule has 0 amide bonds. The van der Waals surface area contributed by atoms with Gasteiger partial charge in [0, 0.05) is 23.7 Å². The molecule has 0 spiro atoms. The van der Waals surface area contributed by atoms with Gasteiger partial charge in [-0.25, -0.2) is 0 Å². The van der Waals surface area contributed by atoms with Crippen molar-refractivity contribution in [1.82, 2.24) is 0 Å². The minimum atomic E-state index is -0.750. The van der Waals surface area contributed by atoms with Crippen LogP contribution >= 0.6 is 0 Å². The van der Waals surface area contributed by atoms with Crippen LogP contribution < -0.4 is 10.1 Å². The molecule has 156 valence electrons. The number of rotatable bonds is 8. The van der Waals surface area contributed by atoms with Gasteiger partial charge in [0.2, 0.25) is 0 Å². The lowest BCUT2D eigenvalue weighted by Crippen LogP contribution is -2.01. The van der Waals surface area contributed by atoms with E-state index in [1.807, 2.05) is 18.2 Å². The molecule has 6 heteroatoms. The van der Waals surface area contributed by atoms with Gasteiger partial charge in [0.05, 0.1) is 0 Å². The highest BCUT2D eigenvalue weighted by Crippen LogP contribution is 2.31. The molecule has 0 aliphatic rings. The number of nitrogens with one attached hydrogen (secondary N) is 1. The maximum atomic E-state index is 8.29. The predicted octanol–water partition coefficient (Wildman–Crippen LogP) is 5.30. The zero-order chi connectivity index (χ0) is 20.2. The zero-order valence-corrected chi connectivity index (χ0v) is 17.8. The Balaban J connectivity index is 0.000000990. The summed E-state index contributed by atoms with van der Waals surface area (Å²) in [6, 6.07) is 21.0. The summed E-state index contributed by atoms with van der Waals surface area (Å²) >= 11 is -0.750. The van der Waals surface area contributed by atoms with Gasteiger partial charge in [-0.3, -0.25) is 0 Å². The molecule has 0 atom stereocenters. The number of anilines is 1. The lowest BCUT2D eigenvalue weighted by molar-refractivity contribution is 0.488. The summed E-state index contributed by atoms with van der Waals surface area (Å²) in [7, 11) is 0. The van der Waals surface area contributed by atoms with Gasteiger partial charge in [-0.05, 0) is 42.0 Å². The molecule has 0 radical (unpaired) electrons. The molecule has 0 aliphatic carbocycles. The van der Waals surface area contributed by atoms with Crippen molar-refractivity contribution in [2.75, 3.05) is 11.9 Å². The van der Waals surface area contributed by atoms with Crippen molar-refractivity contribution in [3.63, 3.8) is 0 Å². The largest absolute Gasteiger partial charge is 0.457 e. The fraction of sp³-hybridized carbons (Fsp3) is 0.304. The van der Waals surface area contributed by atoms with Crippen molar-refractivity contribution < 1.29 is 18.6 Å². The highest BCUT2D eigenvalue weighted by Gasteiger charge is 2.05. The molecule has 0 heterocycles. The van der Waals surface area contributed by atoms with Crippen LogP contribution in [0.5, 0.6) is 11.5 Å². The van der Waals surface area contributed by atoms with Gasteiger partial charge < -0.3 is 15.5 Å². The van der Waals surface area contributed by atoms with Crippen LogP contribution in [-0.4, -0.2) is 20.4 Å². The lowest BCUT2D eigenvalue weighted by Gasteiger charge is -2.12. The van der Waals surface area contributed by atoms with E-state index in [1.165, 1.54) is 30.2 Å². The first-order valence-electron chi connectivity index (χ1n) is 9.67. The second-order valence-corrected chi connectivity index (χ2v) is 6.63. The number of hydrogen-bond acceptors (Lipinski definition) is 4. The zero-order valence-electron chi connectivity index (χ0n) is 16.9. The van der Waals surface area contributed by atoms with E-state index in [2.05, 4.69) is 61.6 Å². The maximum Gasteiger partial charge on any atom is 0.335 e. The molecular formula is C23H29NO4S. The minimum Gasteiger partial charge on any atom is -0.457 e. The van der Waals surface area contributed by atoms with Gasteiger partial charge in [-0.2, -0.15) is 8.42 Å². The monoisotopic (exact) mass is 415 g/mol. The molecule has 0 unspecified atom stereocenters. The summed E-state index contributed by atoms with van der Waals surface area (Å²) in [5.74, 6) is 1.77. The van der Waals surface area contributed by atoms with E-state index in [4.69, 9.17) is 13.2 Å². The SMILES string of the molecule is CCCCCNc1cccc(Oc2cccc3cc(CC)ccc23)c1.O.O=S=O. The fourth-order valence-corrected chi connectivity index (χ4v) is 3.02. The summed E-state index contributed by atoms with van der Waals surface area (Å²) in [6.07, 6.45) is 4.75. The summed E-state index contributed by atoms with van der Waals surface area (Å²) in [6.45, 7) is 5.41. The van der Waals surface area contributed by atoms with Crippen LogP contribution in [0.2, 0.25) is 0 Å². The molecule has 0 bridgehead atoms. The van der Waals surface area contributed by atoms with Crippen LogP contribution in [0.1, 0.15) is 38.7 Å². The molecule has 0 aromatic heterocycles. The first-order chi connectivity index (χ1) is 13.7. The molecule has 3 aromatic rings. The van der Waals surface area contributed by atoms with Crippen molar-refractivity contribution in [3.05, 3.63) is 66.2 Å². The average Bonchev–Trinajstić information content (AvgIpc) is 2.72. The molecule has 0 saturated carbocycles. The Morgan fingerprint density at radius 1 is 0.931 bits per heavy atom. The van der Waals surface area contributed by atoms with Crippen LogP contribution in [0.3, 0.4) is 0 Å². The second kappa shape index (κ2) is 13.5. The van der Waals surface area contributed by atoms with Crippen LogP contribution in [0.15, 0.2) is 60.7 Å². The summed E-state index contributed by atoms with van der Waals surface area (Å²) < 4.78 is 22.8. The Morgan fingerprint density at radius 2 is 1.69 bits per heavy atom. The second-order valence-electron chi connectivity index (χ2n) is 6.50. The van der Waals surface area contributed by atoms with Gasteiger partial charge >= 0.3 is 11.6 Å². The Bertz CT molecular complexity index is 924. The molecule has 3 rings (SSSR count). The van der Waals surface area contributed by atoms with Crippen molar-refractivity contribution in [3.8, 4) is 11.5 Å². The quantitative estimate of drug-likeness (QED) is 0.506. The van der Waals surface area contributed by atoms with Crippen LogP contribution in [0.4, 0.5) is 5.69 Å². The molecule has 3 N–H and O–H groups in total. The van der Waals surface area contributed by atoms with Gasteiger partial charge in [0.25, 0.3) is 0 Å². The van der Waals surface area contributed by atoms with Gasteiger partial charge in [-0.15, -0.1) is 0 Å². The summed E-state index contributed by atoms with van der Waals surface area (Å²) in [5.41, 5.74) is 2.46. The van der Waals surface area contributed by atoms with E-state index in [1.54, 1.807) is 0 Å². The van der Waals surface area contributed by atoms with E-state index >= 15 is 0 Å². The van der Waals surface area contributed by atoms with Crippen molar-refractivity contribution in [1.29, 1.82) is 0 Å². The number of hydrogen-bond donors (Lipinski definition) is 1. The van der Waals surface area contributed by atoms with Crippen LogP contribution in [0, 0.1) is 0 Å². The third-order valence-corrected chi connectivity index (χ3v) is 4.48. The molecular weight excluding hydrogens is 386 g/mol. The van der Waals surface area contributed by atoms with E-state index in [9.17, 15) is 0 Å². The Hall–Kier alpha value is -2.70. The number of unbranched alkanes of at least 4 members (excludes halogenated alkanes) is 2. The number of aryl methyl sites for hydroxylation is 1. The third kappa shape index (κ3) is 7.68. The molecule has 5 nitrogen and oxygen atoms in total. The van der Waals surface area contributed by atoms with E-state index < -0.39 is 11.6 Å². The van der Waals surface area contributed by atoms with E-state index in [0.717, 1.165) is 35.5 Å². The van der Waals surface area contributed by atoms with Crippen LogP contribution in [-0.2, 0) is 18.0 Å². The number of fused-ring (bicyclic) bond motifs is 1. The highest BCUT2D eigenvalue weighted by molar-refractivity contribution is 7.51. The molecule has 3 aromatic carbocycles. The Morgan fingerprint density at radius 3 is 2.41 bits per heavy atom. The van der Waals surface area contributed by atoms with Crippen molar-refractivity contribution >= 4 is 28.0 Å². The van der Waals surface area contributed by atoms with Crippen molar-refractivity contribution in [2.24, 2.45) is 0 Å². The van der Waals surface area contributed by atoms with E-state index in [0.29, 0.717) is 0 Å². The Labute approximate surface area is 176 Å². The molecule has 29 heavy (non-hydrogen) atoms. The smallest absolute Gasteiger partial charge is 0.335 e. The summed E-state index contributed by atoms with van der Waals surface area (Å²) in [5, 5.41) is 5.86. The van der Waals surface area contributed by atoms with Gasteiger partial charge in [0.1, 0.15) is 11.5 Å². The Kier molecular flexibility index (Phi) is 11.3. The normalized spacial score (nSPS) is 9.72.